The monoisotopic (exact) mass is 279 g/mol. The van der Waals surface area contributed by atoms with Crippen molar-refractivity contribution in [2.75, 3.05) is 13.1 Å². The predicted molar refractivity (Wildman–Crippen MR) is 69.4 cm³/mol. The van der Waals surface area contributed by atoms with Crippen LogP contribution in [0.25, 0.3) is 0 Å². The van der Waals surface area contributed by atoms with Crippen LogP contribution >= 0.6 is 0 Å². The first-order valence-corrected chi connectivity index (χ1v) is 6.36. The minimum Gasteiger partial charge on any atom is -0.479 e. The topological polar surface area (TPSA) is 92.6 Å². The van der Waals surface area contributed by atoms with E-state index < -0.39 is 12.1 Å². The van der Waals surface area contributed by atoms with Gasteiger partial charge in [0.05, 0.1) is 23.9 Å². The summed E-state index contributed by atoms with van der Waals surface area (Å²) in [6, 6.07) is 0. The average molecular weight is 279 g/mol. The summed E-state index contributed by atoms with van der Waals surface area (Å²) in [6.45, 7) is 5.62. The van der Waals surface area contributed by atoms with Crippen molar-refractivity contribution in [3.8, 4) is 0 Å². The SMILES string of the molecule is Cc1ncc(C(=O)N2CC(C(=O)O)O[C@H](C)C2)c(C)n1. The lowest BCUT2D eigenvalue weighted by Gasteiger charge is -2.35. The minimum absolute atomic E-state index is 0.0336. The standard InChI is InChI=1S/C13H17N3O4/c1-7-5-16(6-11(20-7)13(18)19)12(17)10-4-14-9(3)15-8(10)2/h4,7,11H,5-6H2,1-3H3,(H,18,19)/t7-,11?/m1/s1. The number of aromatic nitrogens is 2. The van der Waals surface area contributed by atoms with E-state index in [1.807, 2.05) is 0 Å². The van der Waals surface area contributed by atoms with Crippen molar-refractivity contribution in [3.63, 3.8) is 0 Å². The zero-order valence-corrected chi connectivity index (χ0v) is 11.7. The number of nitrogens with zero attached hydrogens (tertiary/aromatic N) is 3. The van der Waals surface area contributed by atoms with Crippen LogP contribution in [0.15, 0.2) is 6.20 Å². The molecule has 1 aliphatic rings. The molecule has 0 aliphatic carbocycles. The Bertz CT molecular complexity index is 546. The molecule has 1 N–H and O–H groups in total. The number of aryl methyl sites for hydroxylation is 2. The van der Waals surface area contributed by atoms with Gasteiger partial charge in [0.1, 0.15) is 5.82 Å². The summed E-state index contributed by atoms with van der Waals surface area (Å²) in [5.74, 6) is -0.729. The molecule has 2 heterocycles. The number of amides is 1. The number of ether oxygens (including phenoxy) is 1. The van der Waals surface area contributed by atoms with E-state index >= 15 is 0 Å². The summed E-state index contributed by atoms with van der Waals surface area (Å²) < 4.78 is 5.29. The van der Waals surface area contributed by atoms with Crippen molar-refractivity contribution >= 4 is 11.9 Å². The number of aliphatic carboxylic acids is 1. The quantitative estimate of drug-likeness (QED) is 0.842. The molecule has 2 rings (SSSR count). The molecule has 0 bridgehead atoms. The van der Waals surface area contributed by atoms with Crippen molar-refractivity contribution in [3.05, 3.63) is 23.3 Å². The third kappa shape index (κ3) is 2.93. The Labute approximate surface area is 116 Å². The highest BCUT2D eigenvalue weighted by Gasteiger charge is 2.33. The highest BCUT2D eigenvalue weighted by atomic mass is 16.5. The molecule has 20 heavy (non-hydrogen) atoms. The maximum absolute atomic E-state index is 12.4. The number of carboxylic acids is 1. The second-order valence-electron chi connectivity index (χ2n) is 4.90. The van der Waals surface area contributed by atoms with E-state index in [-0.39, 0.29) is 18.6 Å². The number of carbonyl (C=O) groups excluding carboxylic acids is 1. The summed E-state index contributed by atoms with van der Waals surface area (Å²) in [6.07, 6.45) is 0.172. The number of carboxylic acid groups (broad SMARTS) is 1. The van der Waals surface area contributed by atoms with Crippen molar-refractivity contribution in [2.45, 2.75) is 33.0 Å². The molecule has 0 spiro atoms. The molecule has 0 saturated carbocycles. The summed E-state index contributed by atoms with van der Waals surface area (Å²) in [5, 5.41) is 9.03. The summed E-state index contributed by atoms with van der Waals surface area (Å²) in [4.78, 5) is 33.1. The van der Waals surface area contributed by atoms with Crippen LogP contribution in [-0.2, 0) is 9.53 Å². The molecule has 1 saturated heterocycles. The highest BCUT2D eigenvalue weighted by Crippen LogP contribution is 2.16. The zero-order valence-electron chi connectivity index (χ0n) is 11.7. The highest BCUT2D eigenvalue weighted by molar-refractivity contribution is 5.95. The van der Waals surface area contributed by atoms with Gasteiger partial charge in [-0.1, -0.05) is 0 Å². The molecule has 1 amide bonds. The van der Waals surface area contributed by atoms with E-state index in [2.05, 4.69) is 9.97 Å². The van der Waals surface area contributed by atoms with Crippen LogP contribution in [0, 0.1) is 13.8 Å². The molecule has 1 aromatic rings. The maximum Gasteiger partial charge on any atom is 0.334 e. The fourth-order valence-corrected chi connectivity index (χ4v) is 2.22. The van der Waals surface area contributed by atoms with Crippen LogP contribution in [0.5, 0.6) is 0 Å². The smallest absolute Gasteiger partial charge is 0.334 e. The van der Waals surface area contributed by atoms with Crippen LogP contribution < -0.4 is 0 Å². The lowest BCUT2D eigenvalue weighted by atomic mass is 10.1. The molecule has 0 aromatic carbocycles. The van der Waals surface area contributed by atoms with E-state index in [4.69, 9.17) is 9.84 Å². The Morgan fingerprint density at radius 3 is 2.70 bits per heavy atom. The van der Waals surface area contributed by atoms with Crippen LogP contribution in [-0.4, -0.2) is 57.1 Å². The Kier molecular flexibility index (Phi) is 3.99. The van der Waals surface area contributed by atoms with E-state index in [1.54, 1.807) is 20.8 Å². The Balaban J connectivity index is 2.21. The summed E-state index contributed by atoms with van der Waals surface area (Å²) in [5.41, 5.74) is 0.988. The second kappa shape index (κ2) is 5.54. The van der Waals surface area contributed by atoms with Crippen molar-refractivity contribution < 1.29 is 19.4 Å². The molecule has 1 aliphatic heterocycles. The van der Waals surface area contributed by atoms with E-state index in [0.717, 1.165) is 0 Å². The van der Waals surface area contributed by atoms with E-state index in [9.17, 15) is 9.59 Å². The van der Waals surface area contributed by atoms with Gasteiger partial charge >= 0.3 is 5.97 Å². The molecule has 1 aromatic heterocycles. The van der Waals surface area contributed by atoms with Gasteiger partial charge in [0.25, 0.3) is 5.91 Å². The fourth-order valence-electron chi connectivity index (χ4n) is 2.22. The first-order chi connectivity index (χ1) is 9.38. The van der Waals surface area contributed by atoms with Crippen molar-refractivity contribution in [1.29, 1.82) is 0 Å². The van der Waals surface area contributed by atoms with Gasteiger partial charge in [-0.15, -0.1) is 0 Å². The van der Waals surface area contributed by atoms with Crippen molar-refractivity contribution in [1.82, 2.24) is 14.9 Å². The summed E-state index contributed by atoms with van der Waals surface area (Å²) >= 11 is 0. The van der Waals surface area contributed by atoms with Crippen LogP contribution in [0.2, 0.25) is 0 Å². The normalized spacial score (nSPS) is 22.6. The van der Waals surface area contributed by atoms with Gasteiger partial charge in [0.15, 0.2) is 6.10 Å². The largest absolute Gasteiger partial charge is 0.479 e. The fraction of sp³-hybridized carbons (Fsp3) is 0.538. The second-order valence-corrected chi connectivity index (χ2v) is 4.90. The van der Waals surface area contributed by atoms with Gasteiger partial charge in [-0.3, -0.25) is 4.79 Å². The Morgan fingerprint density at radius 1 is 1.40 bits per heavy atom. The molecule has 108 valence electrons. The number of morpholine rings is 1. The van der Waals surface area contributed by atoms with Crippen LogP contribution in [0.4, 0.5) is 0 Å². The summed E-state index contributed by atoms with van der Waals surface area (Å²) in [7, 11) is 0. The number of hydrogen-bond acceptors (Lipinski definition) is 5. The lowest BCUT2D eigenvalue weighted by molar-refractivity contribution is -0.160. The van der Waals surface area contributed by atoms with Crippen LogP contribution in [0.1, 0.15) is 28.8 Å². The molecular weight excluding hydrogens is 262 g/mol. The lowest BCUT2D eigenvalue weighted by Crippen LogP contribution is -2.51. The number of rotatable bonds is 2. The number of carbonyl (C=O) groups is 2. The molecule has 7 nitrogen and oxygen atoms in total. The van der Waals surface area contributed by atoms with Gasteiger partial charge in [0.2, 0.25) is 0 Å². The molecule has 1 fully saturated rings. The first-order valence-electron chi connectivity index (χ1n) is 6.36. The third-order valence-corrected chi connectivity index (χ3v) is 3.15. The first kappa shape index (κ1) is 14.4. The minimum atomic E-state index is -1.06. The molecule has 2 atom stereocenters. The van der Waals surface area contributed by atoms with E-state index in [1.165, 1.54) is 11.1 Å². The third-order valence-electron chi connectivity index (χ3n) is 3.15. The van der Waals surface area contributed by atoms with Gasteiger partial charge in [-0.2, -0.15) is 0 Å². The predicted octanol–water partition coefficient (Wildman–Crippen LogP) is 0.408. The number of hydrogen-bond donors (Lipinski definition) is 1. The molecular formula is C13H17N3O4. The molecule has 0 radical (unpaired) electrons. The zero-order chi connectivity index (χ0) is 14.9. The van der Waals surface area contributed by atoms with Gasteiger partial charge < -0.3 is 14.7 Å². The Morgan fingerprint density at radius 2 is 2.10 bits per heavy atom. The molecule has 1 unspecified atom stereocenters. The molecule has 7 heteroatoms. The Hall–Kier alpha value is -2.02. The van der Waals surface area contributed by atoms with E-state index in [0.29, 0.717) is 23.6 Å². The average Bonchev–Trinajstić information content (AvgIpc) is 2.37. The van der Waals surface area contributed by atoms with Gasteiger partial charge in [-0.25, -0.2) is 14.8 Å². The van der Waals surface area contributed by atoms with Gasteiger partial charge in [0, 0.05) is 12.7 Å². The van der Waals surface area contributed by atoms with Gasteiger partial charge in [-0.05, 0) is 20.8 Å². The van der Waals surface area contributed by atoms with Crippen molar-refractivity contribution in [2.24, 2.45) is 0 Å². The van der Waals surface area contributed by atoms with Crippen LogP contribution in [0.3, 0.4) is 0 Å². The maximum atomic E-state index is 12.4.